The van der Waals surface area contributed by atoms with Gasteiger partial charge in [-0.15, -0.1) is 0 Å². The maximum atomic E-state index is 12.6. The van der Waals surface area contributed by atoms with Crippen molar-refractivity contribution in [3.63, 3.8) is 0 Å². The predicted octanol–water partition coefficient (Wildman–Crippen LogP) is 2.27. The minimum atomic E-state index is -0.163. The minimum Gasteiger partial charge on any atom is -0.274 e. The highest BCUT2D eigenvalue weighted by atomic mass is 16.2. The second kappa shape index (κ2) is 6.19. The zero-order chi connectivity index (χ0) is 16.5. The second-order valence-corrected chi connectivity index (χ2v) is 6.57. The van der Waals surface area contributed by atoms with Crippen molar-refractivity contribution in [3.8, 4) is 0 Å². The van der Waals surface area contributed by atoms with Gasteiger partial charge in [0.1, 0.15) is 0 Å². The van der Waals surface area contributed by atoms with Crippen LogP contribution in [0.4, 0.5) is 5.95 Å². The third kappa shape index (κ3) is 2.62. The average molecular weight is 324 g/mol. The molecule has 1 aromatic heterocycles. The van der Waals surface area contributed by atoms with Crippen molar-refractivity contribution in [2.45, 2.75) is 38.5 Å². The van der Waals surface area contributed by atoms with Gasteiger partial charge in [-0.3, -0.25) is 9.59 Å². The lowest BCUT2D eigenvalue weighted by molar-refractivity contribution is -0.122. The van der Waals surface area contributed by atoms with Gasteiger partial charge >= 0.3 is 0 Å². The molecule has 0 radical (unpaired) electrons. The zero-order valence-corrected chi connectivity index (χ0v) is 13.4. The Morgan fingerprint density at radius 2 is 1.67 bits per heavy atom. The number of carbonyl (C=O) groups excluding carboxylic acids is 2. The van der Waals surface area contributed by atoms with Crippen molar-refractivity contribution >= 4 is 17.8 Å². The first-order valence-corrected chi connectivity index (χ1v) is 8.57. The molecule has 6 heteroatoms. The van der Waals surface area contributed by atoms with Crippen LogP contribution in [-0.4, -0.2) is 27.0 Å². The number of hydrogen-bond donors (Lipinski definition) is 1. The maximum Gasteiger partial charge on any atom is 0.240 e. The fourth-order valence-corrected chi connectivity index (χ4v) is 3.77. The first-order valence-electron chi connectivity index (χ1n) is 8.57. The average Bonchev–Trinajstić information content (AvgIpc) is 3.18. The van der Waals surface area contributed by atoms with E-state index in [1.54, 1.807) is 0 Å². The van der Waals surface area contributed by atoms with Crippen LogP contribution in [0.15, 0.2) is 30.3 Å². The number of aromatic nitrogens is 3. The summed E-state index contributed by atoms with van der Waals surface area (Å²) in [5, 5.41) is 6.96. The van der Waals surface area contributed by atoms with E-state index < -0.39 is 0 Å². The number of nitrogens with one attached hydrogen (secondary N) is 1. The van der Waals surface area contributed by atoms with Crippen molar-refractivity contribution in [2.75, 3.05) is 4.90 Å². The minimum absolute atomic E-state index is 0.115. The van der Waals surface area contributed by atoms with Crippen LogP contribution in [-0.2, 0) is 22.4 Å². The van der Waals surface area contributed by atoms with Crippen LogP contribution >= 0.6 is 0 Å². The number of imide groups is 1. The van der Waals surface area contributed by atoms with Gasteiger partial charge in [0.05, 0.1) is 11.8 Å². The van der Waals surface area contributed by atoms with E-state index in [1.807, 2.05) is 18.2 Å². The number of benzene rings is 1. The van der Waals surface area contributed by atoms with Gasteiger partial charge in [0.15, 0.2) is 5.82 Å². The van der Waals surface area contributed by atoms with Crippen molar-refractivity contribution < 1.29 is 9.59 Å². The standard InChI is InChI=1S/C18H20N4O2/c23-16-13-8-4-5-9-14(13)17(24)22(16)18-19-15(20-21-18)11-10-12-6-2-1-3-7-12/h1-3,6-7,13-14H,4-5,8-11H2,(H,19,20,21). The molecule has 2 atom stereocenters. The zero-order valence-electron chi connectivity index (χ0n) is 13.4. The Morgan fingerprint density at radius 1 is 1.00 bits per heavy atom. The van der Waals surface area contributed by atoms with Gasteiger partial charge in [-0.25, -0.2) is 10.00 Å². The van der Waals surface area contributed by atoms with E-state index >= 15 is 0 Å². The molecule has 1 saturated heterocycles. The number of fused-ring (bicyclic) bond motifs is 1. The number of aryl methyl sites for hydroxylation is 2. The summed E-state index contributed by atoms with van der Waals surface area (Å²) < 4.78 is 0. The van der Waals surface area contributed by atoms with E-state index in [0.717, 1.165) is 32.1 Å². The Bertz CT molecular complexity index is 731. The van der Waals surface area contributed by atoms with Crippen LogP contribution in [0.3, 0.4) is 0 Å². The summed E-state index contributed by atoms with van der Waals surface area (Å²) in [6.45, 7) is 0. The molecule has 2 unspecified atom stereocenters. The van der Waals surface area contributed by atoms with Crippen LogP contribution in [0, 0.1) is 11.8 Å². The molecule has 0 spiro atoms. The first-order chi connectivity index (χ1) is 11.7. The van der Waals surface area contributed by atoms with E-state index in [9.17, 15) is 9.59 Å². The summed E-state index contributed by atoms with van der Waals surface area (Å²) >= 11 is 0. The third-order valence-corrected chi connectivity index (χ3v) is 5.05. The summed E-state index contributed by atoms with van der Waals surface area (Å²) in [4.78, 5) is 30.7. The summed E-state index contributed by atoms with van der Waals surface area (Å²) in [7, 11) is 0. The monoisotopic (exact) mass is 324 g/mol. The molecule has 6 nitrogen and oxygen atoms in total. The molecule has 2 aliphatic rings. The summed E-state index contributed by atoms with van der Waals surface area (Å²) in [5.74, 6) is 0.353. The molecule has 0 bridgehead atoms. The van der Waals surface area contributed by atoms with Gasteiger partial charge in [-0.05, 0) is 24.8 Å². The summed E-state index contributed by atoms with van der Waals surface area (Å²) in [6, 6.07) is 10.1. The van der Waals surface area contributed by atoms with Gasteiger partial charge in [-0.2, -0.15) is 10.1 Å². The molecule has 1 saturated carbocycles. The maximum absolute atomic E-state index is 12.6. The van der Waals surface area contributed by atoms with E-state index in [0.29, 0.717) is 12.2 Å². The highest BCUT2D eigenvalue weighted by molar-refractivity contribution is 6.21. The number of nitrogens with zero attached hydrogens (tertiary/aromatic N) is 3. The van der Waals surface area contributed by atoms with E-state index in [-0.39, 0.29) is 29.6 Å². The van der Waals surface area contributed by atoms with E-state index in [2.05, 4.69) is 27.3 Å². The molecule has 4 rings (SSSR count). The molecule has 1 N–H and O–H groups in total. The summed E-state index contributed by atoms with van der Waals surface area (Å²) in [5.41, 5.74) is 1.21. The number of anilines is 1. The van der Waals surface area contributed by atoms with Crippen LogP contribution in [0.2, 0.25) is 0 Å². The van der Waals surface area contributed by atoms with Crippen LogP contribution < -0.4 is 4.90 Å². The lowest BCUT2D eigenvalue weighted by atomic mass is 9.81. The molecule has 1 aromatic carbocycles. The van der Waals surface area contributed by atoms with Gasteiger partial charge in [0.25, 0.3) is 0 Å². The molecule has 2 fully saturated rings. The van der Waals surface area contributed by atoms with E-state index in [4.69, 9.17) is 0 Å². The Kier molecular flexibility index (Phi) is 3.88. The number of rotatable bonds is 4. The molecule has 1 aliphatic heterocycles. The van der Waals surface area contributed by atoms with Crippen molar-refractivity contribution in [1.29, 1.82) is 0 Å². The fraction of sp³-hybridized carbons (Fsp3) is 0.444. The molecular weight excluding hydrogens is 304 g/mol. The first kappa shape index (κ1) is 15.1. The molecule has 24 heavy (non-hydrogen) atoms. The fourth-order valence-electron chi connectivity index (χ4n) is 3.77. The SMILES string of the molecule is O=C1C2CCCCC2C(=O)N1c1nc(CCc2ccccc2)n[nH]1. The smallest absolute Gasteiger partial charge is 0.240 e. The van der Waals surface area contributed by atoms with Crippen LogP contribution in [0.25, 0.3) is 0 Å². The number of carbonyl (C=O) groups is 2. The van der Waals surface area contributed by atoms with Crippen molar-refractivity contribution in [1.82, 2.24) is 15.2 Å². The molecule has 124 valence electrons. The second-order valence-electron chi connectivity index (χ2n) is 6.57. The van der Waals surface area contributed by atoms with Crippen LogP contribution in [0.1, 0.15) is 37.1 Å². The van der Waals surface area contributed by atoms with Gasteiger partial charge in [0.2, 0.25) is 17.8 Å². The molecule has 1 aliphatic carbocycles. The van der Waals surface area contributed by atoms with Crippen molar-refractivity contribution in [3.05, 3.63) is 41.7 Å². The normalized spacial score (nSPS) is 23.6. The number of hydrogen-bond acceptors (Lipinski definition) is 4. The Morgan fingerprint density at radius 3 is 2.33 bits per heavy atom. The number of H-pyrrole nitrogens is 1. The molecule has 2 heterocycles. The van der Waals surface area contributed by atoms with E-state index in [1.165, 1.54) is 10.5 Å². The third-order valence-electron chi connectivity index (χ3n) is 5.05. The molecule has 2 aromatic rings. The Labute approximate surface area is 140 Å². The van der Waals surface area contributed by atoms with Gasteiger partial charge in [0, 0.05) is 6.42 Å². The molecular formula is C18H20N4O2. The van der Waals surface area contributed by atoms with Crippen LogP contribution in [0.5, 0.6) is 0 Å². The topological polar surface area (TPSA) is 79.0 Å². The summed E-state index contributed by atoms with van der Waals surface area (Å²) in [6.07, 6.45) is 5.15. The highest BCUT2D eigenvalue weighted by Crippen LogP contribution is 2.39. The highest BCUT2D eigenvalue weighted by Gasteiger charge is 2.49. The molecule has 2 amide bonds. The van der Waals surface area contributed by atoms with Gasteiger partial charge in [-0.1, -0.05) is 43.2 Å². The largest absolute Gasteiger partial charge is 0.274 e. The lowest BCUT2D eigenvalue weighted by Crippen LogP contribution is -2.31. The number of amides is 2. The Hall–Kier alpha value is -2.50. The van der Waals surface area contributed by atoms with Crippen molar-refractivity contribution in [2.24, 2.45) is 11.8 Å². The Balaban J connectivity index is 1.48. The van der Waals surface area contributed by atoms with Gasteiger partial charge < -0.3 is 0 Å². The quantitative estimate of drug-likeness (QED) is 0.875. The lowest BCUT2D eigenvalue weighted by Gasteiger charge is -2.19. The predicted molar refractivity (Wildman–Crippen MR) is 88.2 cm³/mol. The number of aromatic amines is 1.